The summed E-state index contributed by atoms with van der Waals surface area (Å²) >= 11 is 0. The fraction of sp³-hybridized carbons (Fsp3) is 0.667. The van der Waals surface area contributed by atoms with Crippen molar-refractivity contribution >= 4 is 17.2 Å². The molecule has 2 unspecified atom stereocenters. The number of carbonyl (C=O) groups is 1. The second kappa shape index (κ2) is 13.1. The molecule has 3 aliphatic rings. The second-order valence-corrected chi connectivity index (χ2v) is 11.7. The number of ether oxygens (including phenoxy) is 2. The standard InChI is InChI=1S/C30H45N3O5/c1-30(2,3)38-29(35)33-17-13-22(14-18-33)21-37-27-11-9-24(10-12-27)23-5-7-25(8-6-23)28(34)32-19-15-26(16-20-32)31-36-4/h5,9-12,22,25,29,35H,6-8,13-21H2,1-4H3. The van der Waals surface area contributed by atoms with Crippen LogP contribution in [0.5, 0.6) is 5.75 Å². The molecular formula is C30H45N3O5. The maximum atomic E-state index is 13.0. The van der Waals surface area contributed by atoms with E-state index in [1.165, 1.54) is 11.1 Å². The Balaban J connectivity index is 1.19. The van der Waals surface area contributed by atoms with Gasteiger partial charge in [0.2, 0.25) is 12.3 Å². The molecule has 1 aromatic rings. The van der Waals surface area contributed by atoms with Crippen LogP contribution < -0.4 is 4.74 Å². The fourth-order valence-corrected chi connectivity index (χ4v) is 5.50. The van der Waals surface area contributed by atoms with Crippen LogP contribution in [0.1, 0.15) is 71.3 Å². The van der Waals surface area contributed by atoms with E-state index in [9.17, 15) is 9.90 Å². The molecule has 0 spiro atoms. The molecule has 1 aromatic carbocycles. The summed E-state index contributed by atoms with van der Waals surface area (Å²) in [5.41, 5.74) is 3.21. The van der Waals surface area contributed by atoms with Gasteiger partial charge in [-0.2, -0.15) is 0 Å². The Kier molecular flexibility index (Phi) is 9.85. The Hall–Kier alpha value is -2.42. The van der Waals surface area contributed by atoms with E-state index in [4.69, 9.17) is 14.3 Å². The van der Waals surface area contributed by atoms with Gasteiger partial charge in [0, 0.05) is 44.9 Å². The zero-order chi connectivity index (χ0) is 27.1. The number of amides is 1. The first kappa shape index (κ1) is 28.6. The van der Waals surface area contributed by atoms with Crippen molar-refractivity contribution in [2.45, 2.75) is 77.7 Å². The van der Waals surface area contributed by atoms with Crippen LogP contribution in [0.4, 0.5) is 0 Å². The van der Waals surface area contributed by atoms with E-state index in [0.29, 0.717) is 12.5 Å². The first-order valence-corrected chi connectivity index (χ1v) is 14.1. The molecule has 38 heavy (non-hydrogen) atoms. The number of hydrogen-bond donors (Lipinski definition) is 1. The highest BCUT2D eigenvalue weighted by Gasteiger charge is 2.29. The second-order valence-electron chi connectivity index (χ2n) is 11.7. The maximum Gasteiger partial charge on any atom is 0.226 e. The van der Waals surface area contributed by atoms with Gasteiger partial charge in [-0.3, -0.25) is 9.69 Å². The predicted octanol–water partition coefficient (Wildman–Crippen LogP) is 4.68. The van der Waals surface area contributed by atoms with Gasteiger partial charge < -0.3 is 24.3 Å². The van der Waals surface area contributed by atoms with E-state index in [0.717, 1.165) is 82.6 Å². The van der Waals surface area contributed by atoms with Gasteiger partial charge in [0.25, 0.3) is 0 Å². The Labute approximate surface area is 227 Å². The third kappa shape index (κ3) is 8.04. The number of nitrogens with zero attached hydrogens (tertiary/aromatic N) is 3. The van der Waals surface area contributed by atoms with Crippen LogP contribution in [0.2, 0.25) is 0 Å². The predicted molar refractivity (Wildman–Crippen MR) is 149 cm³/mol. The lowest BCUT2D eigenvalue weighted by Gasteiger charge is -2.37. The van der Waals surface area contributed by atoms with E-state index in [1.54, 1.807) is 7.11 Å². The van der Waals surface area contributed by atoms with Crippen molar-refractivity contribution in [3.63, 3.8) is 0 Å². The number of oxime groups is 1. The lowest BCUT2D eigenvalue weighted by Crippen LogP contribution is -2.46. The van der Waals surface area contributed by atoms with Crippen molar-refractivity contribution in [1.29, 1.82) is 0 Å². The maximum absolute atomic E-state index is 13.0. The molecule has 2 saturated heterocycles. The Bertz CT molecular complexity index is 967. The number of hydrogen-bond acceptors (Lipinski definition) is 7. The van der Waals surface area contributed by atoms with Gasteiger partial charge in [0.05, 0.1) is 17.9 Å². The summed E-state index contributed by atoms with van der Waals surface area (Å²) in [4.78, 5) is 21.9. The minimum Gasteiger partial charge on any atom is -0.493 e. The molecule has 0 radical (unpaired) electrons. The van der Waals surface area contributed by atoms with Crippen molar-refractivity contribution in [2.75, 3.05) is 39.9 Å². The number of allylic oxidation sites excluding steroid dienone is 2. The molecule has 0 saturated carbocycles. The third-order valence-corrected chi connectivity index (χ3v) is 7.76. The number of aliphatic hydroxyl groups is 1. The Morgan fingerprint density at radius 1 is 1.05 bits per heavy atom. The van der Waals surface area contributed by atoms with E-state index in [1.807, 2.05) is 30.6 Å². The smallest absolute Gasteiger partial charge is 0.226 e. The summed E-state index contributed by atoms with van der Waals surface area (Å²) in [7, 11) is 1.57. The van der Waals surface area contributed by atoms with E-state index < -0.39 is 6.41 Å². The molecule has 4 rings (SSSR count). The van der Waals surface area contributed by atoms with Crippen LogP contribution >= 0.6 is 0 Å². The number of likely N-dealkylation sites (tertiary alicyclic amines) is 2. The molecule has 2 aliphatic heterocycles. The molecule has 2 fully saturated rings. The summed E-state index contributed by atoms with van der Waals surface area (Å²) in [6.45, 7) is 9.64. The quantitative estimate of drug-likeness (QED) is 0.391. The van der Waals surface area contributed by atoms with Crippen LogP contribution in [0.15, 0.2) is 35.5 Å². The van der Waals surface area contributed by atoms with Crippen LogP contribution in [0.25, 0.3) is 5.57 Å². The number of rotatable bonds is 8. The molecule has 2 atom stereocenters. The molecule has 1 aliphatic carbocycles. The summed E-state index contributed by atoms with van der Waals surface area (Å²) in [5.74, 6) is 1.72. The number of carbonyl (C=O) groups excluding carboxylic acids is 1. The minimum atomic E-state index is -0.846. The summed E-state index contributed by atoms with van der Waals surface area (Å²) in [6.07, 6.45) is 7.58. The number of piperidine rings is 2. The molecule has 210 valence electrons. The molecule has 0 aromatic heterocycles. The highest BCUT2D eigenvalue weighted by atomic mass is 16.6. The van der Waals surface area contributed by atoms with Gasteiger partial charge in [0.15, 0.2) is 0 Å². The monoisotopic (exact) mass is 527 g/mol. The van der Waals surface area contributed by atoms with Gasteiger partial charge in [0.1, 0.15) is 12.9 Å². The van der Waals surface area contributed by atoms with E-state index >= 15 is 0 Å². The van der Waals surface area contributed by atoms with Gasteiger partial charge in [-0.05, 0) is 82.1 Å². The van der Waals surface area contributed by atoms with Crippen molar-refractivity contribution in [3.8, 4) is 5.75 Å². The number of benzene rings is 1. The Morgan fingerprint density at radius 3 is 2.32 bits per heavy atom. The van der Waals surface area contributed by atoms with Crippen LogP contribution in [0.3, 0.4) is 0 Å². The third-order valence-electron chi connectivity index (χ3n) is 7.76. The van der Waals surface area contributed by atoms with E-state index in [2.05, 4.69) is 35.5 Å². The van der Waals surface area contributed by atoms with Gasteiger partial charge in [-0.25, -0.2) is 0 Å². The van der Waals surface area contributed by atoms with Crippen LogP contribution in [-0.4, -0.2) is 78.4 Å². The zero-order valence-electron chi connectivity index (χ0n) is 23.5. The average molecular weight is 528 g/mol. The first-order valence-electron chi connectivity index (χ1n) is 14.1. The summed E-state index contributed by atoms with van der Waals surface area (Å²) in [6, 6.07) is 8.37. The molecule has 2 heterocycles. The van der Waals surface area contributed by atoms with Gasteiger partial charge in [-0.1, -0.05) is 23.4 Å². The lowest BCUT2D eigenvalue weighted by atomic mass is 9.85. The van der Waals surface area contributed by atoms with Gasteiger partial charge in [-0.15, -0.1) is 0 Å². The molecule has 1 amide bonds. The van der Waals surface area contributed by atoms with Crippen molar-refractivity contribution in [3.05, 3.63) is 35.9 Å². The number of aliphatic hydroxyl groups excluding tert-OH is 1. The summed E-state index contributed by atoms with van der Waals surface area (Å²) in [5, 5.41) is 14.3. The molecular weight excluding hydrogens is 482 g/mol. The normalized spacial score (nSPS) is 22.6. The highest BCUT2D eigenvalue weighted by molar-refractivity contribution is 5.88. The van der Waals surface area contributed by atoms with E-state index in [-0.39, 0.29) is 17.4 Å². The summed E-state index contributed by atoms with van der Waals surface area (Å²) < 4.78 is 11.8. The van der Waals surface area contributed by atoms with Crippen molar-refractivity contribution in [1.82, 2.24) is 9.80 Å². The van der Waals surface area contributed by atoms with Crippen molar-refractivity contribution < 1.29 is 24.2 Å². The molecule has 1 N–H and O–H groups in total. The van der Waals surface area contributed by atoms with Crippen LogP contribution in [-0.2, 0) is 14.4 Å². The van der Waals surface area contributed by atoms with Crippen molar-refractivity contribution in [2.24, 2.45) is 17.0 Å². The lowest BCUT2D eigenvalue weighted by molar-refractivity contribution is -0.243. The highest BCUT2D eigenvalue weighted by Crippen LogP contribution is 2.32. The average Bonchev–Trinajstić information content (AvgIpc) is 2.92. The molecule has 8 nitrogen and oxygen atoms in total. The SMILES string of the molecule is CON=C1CCN(C(=O)C2CC=C(c3ccc(OCC4CCN(C(O)OC(C)(C)C)CC4)cc3)CC2)CC1. The first-order chi connectivity index (χ1) is 18.2. The Morgan fingerprint density at radius 2 is 1.74 bits per heavy atom. The largest absolute Gasteiger partial charge is 0.493 e. The zero-order valence-corrected chi connectivity index (χ0v) is 23.5. The molecule has 8 heteroatoms. The van der Waals surface area contributed by atoms with Gasteiger partial charge >= 0.3 is 0 Å². The van der Waals surface area contributed by atoms with Crippen LogP contribution in [0, 0.1) is 11.8 Å². The fourth-order valence-electron chi connectivity index (χ4n) is 5.50. The topological polar surface area (TPSA) is 83.8 Å². The minimum absolute atomic E-state index is 0.0785. The molecule has 0 bridgehead atoms.